The highest BCUT2D eigenvalue weighted by atomic mass is 79.9. The number of nitrogens with zero attached hydrogens (tertiary/aromatic N) is 2. The van der Waals surface area contributed by atoms with Gasteiger partial charge in [-0.25, -0.2) is 0 Å². The van der Waals surface area contributed by atoms with Crippen molar-refractivity contribution in [2.45, 2.75) is 19.9 Å². The molecule has 3 aromatic rings. The molecule has 0 saturated carbocycles. The van der Waals surface area contributed by atoms with Gasteiger partial charge in [-0.1, -0.05) is 31.2 Å². The number of hydrogen-bond acceptors (Lipinski definition) is 3. The lowest BCUT2D eigenvalue weighted by atomic mass is 10.1. The van der Waals surface area contributed by atoms with Gasteiger partial charge in [-0.05, 0) is 45.6 Å². The Morgan fingerprint density at radius 3 is 2.57 bits per heavy atom. The van der Waals surface area contributed by atoms with Crippen LogP contribution in [0.2, 0.25) is 0 Å². The van der Waals surface area contributed by atoms with Gasteiger partial charge in [0, 0.05) is 23.4 Å². The van der Waals surface area contributed by atoms with Gasteiger partial charge in [0.2, 0.25) is 0 Å². The second-order valence-corrected chi connectivity index (χ2v) is 5.82. The highest BCUT2D eigenvalue weighted by Gasteiger charge is 2.04. The highest BCUT2D eigenvalue weighted by molar-refractivity contribution is 9.10. The zero-order valence-corrected chi connectivity index (χ0v) is 13.4. The Kier molecular flexibility index (Phi) is 4.15. The highest BCUT2D eigenvalue weighted by Crippen LogP contribution is 2.22. The SMILES string of the molecule is CCc1ccc(CNc2ccnc3cc(Br)cnc23)cc1. The standard InChI is InChI=1S/C17H16BrN3/c1-2-12-3-5-13(6-4-12)10-20-15-7-8-19-16-9-14(18)11-21-17(15)16/h3-9,11H,2,10H2,1H3,(H,19,20). The molecule has 0 unspecified atom stereocenters. The second kappa shape index (κ2) is 6.22. The monoisotopic (exact) mass is 341 g/mol. The topological polar surface area (TPSA) is 37.8 Å². The lowest BCUT2D eigenvalue weighted by molar-refractivity contribution is 1.10. The minimum atomic E-state index is 0.779. The van der Waals surface area contributed by atoms with Crippen LogP contribution >= 0.6 is 15.9 Å². The maximum Gasteiger partial charge on any atom is 0.112 e. The first-order valence-electron chi connectivity index (χ1n) is 6.98. The van der Waals surface area contributed by atoms with Crippen LogP contribution in [0.1, 0.15) is 18.1 Å². The van der Waals surface area contributed by atoms with Gasteiger partial charge in [0.15, 0.2) is 0 Å². The number of benzene rings is 1. The molecule has 3 rings (SSSR count). The molecule has 0 aliphatic carbocycles. The van der Waals surface area contributed by atoms with E-state index in [0.29, 0.717) is 0 Å². The fourth-order valence-electron chi connectivity index (χ4n) is 2.24. The van der Waals surface area contributed by atoms with Gasteiger partial charge in [-0.3, -0.25) is 9.97 Å². The predicted molar refractivity (Wildman–Crippen MR) is 90.4 cm³/mol. The number of halogens is 1. The summed E-state index contributed by atoms with van der Waals surface area (Å²) in [5, 5.41) is 3.44. The third kappa shape index (κ3) is 3.22. The molecule has 0 aliphatic heterocycles. The summed E-state index contributed by atoms with van der Waals surface area (Å²) in [4.78, 5) is 8.80. The molecule has 0 saturated heterocycles. The van der Waals surface area contributed by atoms with Gasteiger partial charge in [0.05, 0.1) is 11.2 Å². The summed E-state index contributed by atoms with van der Waals surface area (Å²) < 4.78 is 0.940. The Balaban J connectivity index is 1.81. The fraction of sp³-hybridized carbons (Fsp3) is 0.176. The van der Waals surface area contributed by atoms with E-state index in [9.17, 15) is 0 Å². The smallest absolute Gasteiger partial charge is 0.112 e. The molecule has 1 aromatic carbocycles. The number of pyridine rings is 2. The summed E-state index contributed by atoms with van der Waals surface area (Å²) in [6.07, 6.45) is 4.67. The van der Waals surface area contributed by atoms with E-state index in [2.05, 4.69) is 62.4 Å². The van der Waals surface area contributed by atoms with Crippen molar-refractivity contribution >= 4 is 32.7 Å². The molecular weight excluding hydrogens is 326 g/mol. The summed E-state index contributed by atoms with van der Waals surface area (Å²) in [7, 11) is 0. The van der Waals surface area contributed by atoms with Crippen LogP contribution in [0.5, 0.6) is 0 Å². The van der Waals surface area contributed by atoms with E-state index in [1.807, 2.05) is 12.1 Å². The van der Waals surface area contributed by atoms with Gasteiger partial charge in [0.25, 0.3) is 0 Å². The number of anilines is 1. The van der Waals surface area contributed by atoms with E-state index >= 15 is 0 Å². The number of aromatic nitrogens is 2. The van der Waals surface area contributed by atoms with Crippen LogP contribution in [-0.4, -0.2) is 9.97 Å². The van der Waals surface area contributed by atoms with Crippen molar-refractivity contribution in [2.75, 3.05) is 5.32 Å². The molecular formula is C17H16BrN3. The molecule has 4 heteroatoms. The van der Waals surface area contributed by atoms with Crippen LogP contribution in [-0.2, 0) is 13.0 Å². The quantitative estimate of drug-likeness (QED) is 0.755. The summed E-state index contributed by atoms with van der Waals surface area (Å²) in [6, 6.07) is 12.6. The summed E-state index contributed by atoms with van der Waals surface area (Å²) in [6.45, 7) is 2.95. The minimum absolute atomic E-state index is 0.779. The summed E-state index contributed by atoms with van der Waals surface area (Å²) in [5.41, 5.74) is 5.41. The maximum absolute atomic E-state index is 4.45. The van der Waals surface area contributed by atoms with Crippen molar-refractivity contribution in [3.8, 4) is 0 Å². The Morgan fingerprint density at radius 1 is 1.05 bits per heavy atom. The number of hydrogen-bond donors (Lipinski definition) is 1. The first kappa shape index (κ1) is 14.0. The van der Waals surface area contributed by atoms with Gasteiger partial charge in [-0.2, -0.15) is 0 Å². The van der Waals surface area contributed by atoms with Crippen molar-refractivity contribution in [1.82, 2.24) is 9.97 Å². The van der Waals surface area contributed by atoms with Crippen LogP contribution in [0, 0.1) is 0 Å². The predicted octanol–water partition coefficient (Wildman–Crippen LogP) is 4.57. The van der Waals surface area contributed by atoms with E-state index in [1.54, 1.807) is 12.4 Å². The van der Waals surface area contributed by atoms with Gasteiger partial charge >= 0.3 is 0 Å². The van der Waals surface area contributed by atoms with E-state index in [1.165, 1.54) is 11.1 Å². The minimum Gasteiger partial charge on any atom is -0.379 e. The zero-order valence-electron chi connectivity index (χ0n) is 11.8. The third-order valence-corrected chi connectivity index (χ3v) is 3.89. The molecule has 2 aromatic heterocycles. The zero-order chi connectivity index (χ0) is 14.7. The van der Waals surface area contributed by atoms with Crippen LogP contribution in [0.4, 0.5) is 5.69 Å². The van der Waals surface area contributed by atoms with Crippen molar-refractivity contribution in [2.24, 2.45) is 0 Å². The van der Waals surface area contributed by atoms with Crippen molar-refractivity contribution < 1.29 is 0 Å². The molecule has 0 aliphatic rings. The summed E-state index contributed by atoms with van der Waals surface area (Å²) in [5.74, 6) is 0. The van der Waals surface area contributed by atoms with E-state index in [-0.39, 0.29) is 0 Å². The molecule has 0 amide bonds. The Bertz CT molecular complexity index is 754. The van der Waals surface area contributed by atoms with Crippen LogP contribution in [0.25, 0.3) is 11.0 Å². The Morgan fingerprint density at radius 2 is 1.81 bits per heavy atom. The molecule has 0 radical (unpaired) electrons. The van der Waals surface area contributed by atoms with Gasteiger partial charge in [-0.15, -0.1) is 0 Å². The normalized spacial score (nSPS) is 10.8. The van der Waals surface area contributed by atoms with Gasteiger partial charge < -0.3 is 5.32 Å². The number of rotatable bonds is 4. The lowest BCUT2D eigenvalue weighted by Gasteiger charge is -2.09. The summed E-state index contributed by atoms with van der Waals surface area (Å²) >= 11 is 3.42. The molecule has 0 bridgehead atoms. The number of fused-ring (bicyclic) bond motifs is 1. The van der Waals surface area contributed by atoms with Crippen molar-refractivity contribution in [3.63, 3.8) is 0 Å². The van der Waals surface area contributed by atoms with Crippen LogP contribution in [0.15, 0.2) is 53.3 Å². The molecule has 0 spiro atoms. The molecule has 1 N–H and O–H groups in total. The van der Waals surface area contributed by atoms with Crippen LogP contribution < -0.4 is 5.32 Å². The molecule has 106 valence electrons. The van der Waals surface area contributed by atoms with Crippen molar-refractivity contribution in [3.05, 3.63) is 64.4 Å². The fourth-order valence-corrected chi connectivity index (χ4v) is 2.56. The largest absolute Gasteiger partial charge is 0.379 e. The maximum atomic E-state index is 4.45. The van der Waals surface area contributed by atoms with E-state index < -0.39 is 0 Å². The van der Waals surface area contributed by atoms with Crippen molar-refractivity contribution in [1.29, 1.82) is 0 Å². The molecule has 21 heavy (non-hydrogen) atoms. The number of aryl methyl sites for hydroxylation is 1. The number of nitrogens with one attached hydrogen (secondary N) is 1. The average Bonchev–Trinajstić information content (AvgIpc) is 2.53. The molecule has 3 nitrogen and oxygen atoms in total. The molecule has 0 atom stereocenters. The first-order valence-corrected chi connectivity index (χ1v) is 7.77. The Labute approximate surface area is 132 Å². The first-order chi connectivity index (χ1) is 10.3. The second-order valence-electron chi connectivity index (χ2n) is 4.90. The molecule has 2 heterocycles. The van der Waals surface area contributed by atoms with E-state index in [0.717, 1.165) is 34.2 Å². The average molecular weight is 342 g/mol. The third-order valence-electron chi connectivity index (χ3n) is 3.46. The van der Waals surface area contributed by atoms with E-state index in [4.69, 9.17) is 0 Å². The Hall–Kier alpha value is -1.94. The van der Waals surface area contributed by atoms with Gasteiger partial charge in [0.1, 0.15) is 5.52 Å². The van der Waals surface area contributed by atoms with Crippen LogP contribution in [0.3, 0.4) is 0 Å². The lowest BCUT2D eigenvalue weighted by Crippen LogP contribution is -2.01. The molecule has 0 fully saturated rings.